The Balaban J connectivity index is 1.60. The molecule has 2 atom stereocenters. The third-order valence-corrected chi connectivity index (χ3v) is 8.92. The van der Waals surface area contributed by atoms with Gasteiger partial charge in [0.25, 0.3) is 0 Å². The van der Waals surface area contributed by atoms with E-state index in [1.807, 2.05) is 0 Å². The number of hydrogen-bond acceptors (Lipinski definition) is 1. The highest BCUT2D eigenvalue weighted by Crippen LogP contribution is 2.39. The molecule has 0 aliphatic rings. The summed E-state index contributed by atoms with van der Waals surface area (Å²) >= 11 is 0. The summed E-state index contributed by atoms with van der Waals surface area (Å²) in [5.41, 5.74) is 10.3. The second-order valence-electron chi connectivity index (χ2n) is 11.9. The molecule has 214 valence electrons. The molecule has 5 aromatic rings. The van der Waals surface area contributed by atoms with Crippen molar-refractivity contribution in [3.8, 4) is 0 Å². The highest BCUT2D eigenvalue weighted by atomic mass is 15.1. The maximum absolute atomic E-state index is 3.68. The molecular formula is C39H48N2. The van der Waals surface area contributed by atoms with Crippen molar-refractivity contribution in [2.45, 2.75) is 97.8 Å². The van der Waals surface area contributed by atoms with Gasteiger partial charge in [-0.25, -0.2) is 0 Å². The molecule has 5 rings (SSSR count). The molecule has 2 unspecified atom stereocenters. The second-order valence-corrected chi connectivity index (χ2v) is 11.9. The van der Waals surface area contributed by atoms with Gasteiger partial charge in [-0.3, -0.25) is 0 Å². The average Bonchev–Trinajstić information content (AvgIpc) is 3.37. The third-order valence-electron chi connectivity index (χ3n) is 8.92. The minimum atomic E-state index is 0.580. The number of nitrogens with zero attached hydrogens (tertiary/aromatic N) is 1. The van der Waals surface area contributed by atoms with Crippen LogP contribution in [0.1, 0.15) is 108 Å². The van der Waals surface area contributed by atoms with Gasteiger partial charge in [-0.2, -0.15) is 0 Å². The molecule has 1 N–H and O–H groups in total. The van der Waals surface area contributed by atoms with Gasteiger partial charge in [0, 0.05) is 38.9 Å². The zero-order valence-electron chi connectivity index (χ0n) is 25.8. The minimum Gasteiger partial charge on any atom is -0.355 e. The molecule has 0 saturated carbocycles. The molecule has 0 fully saturated rings. The molecule has 0 spiro atoms. The van der Waals surface area contributed by atoms with Crippen molar-refractivity contribution in [1.82, 2.24) is 4.98 Å². The summed E-state index contributed by atoms with van der Waals surface area (Å²) in [5, 5.41) is 2.62. The van der Waals surface area contributed by atoms with Crippen LogP contribution in [0.5, 0.6) is 0 Å². The summed E-state index contributed by atoms with van der Waals surface area (Å²) in [5.74, 6) is 1.20. The molecule has 0 saturated heterocycles. The fourth-order valence-corrected chi connectivity index (χ4v) is 6.44. The molecule has 0 radical (unpaired) electrons. The molecule has 1 aromatic heterocycles. The first-order valence-electron chi connectivity index (χ1n) is 16.1. The first kappa shape index (κ1) is 29.0. The van der Waals surface area contributed by atoms with Gasteiger partial charge >= 0.3 is 0 Å². The number of aromatic nitrogens is 1. The Kier molecular flexibility index (Phi) is 9.49. The largest absolute Gasteiger partial charge is 0.355 e. The lowest BCUT2D eigenvalue weighted by Crippen LogP contribution is -2.10. The van der Waals surface area contributed by atoms with E-state index in [1.165, 1.54) is 101 Å². The average molecular weight is 545 g/mol. The first-order chi connectivity index (χ1) is 20.1. The van der Waals surface area contributed by atoms with Gasteiger partial charge in [0.15, 0.2) is 0 Å². The number of unbranched alkanes of at least 4 members (excludes halogenated alkanes) is 1. The lowest BCUT2D eigenvalue weighted by Gasteiger charge is -2.26. The minimum absolute atomic E-state index is 0.580. The van der Waals surface area contributed by atoms with E-state index in [1.54, 1.807) is 0 Å². The monoisotopic (exact) mass is 544 g/mol. The van der Waals surface area contributed by atoms with Crippen LogP contribution in [-0.4, -0.2) is 4.98 Å². The number of H-pyrrole nitrogens is 1. The number of nitrogens with one attached hydrogen (secondary N) is 1. The molecule has 2 heteroatoms. The van der Waals surface area contributed by atoms with Gasteiger partial charge in [-0.05, 0) is 115 Å². The van der Waals surface area contributed by atoms with Crippen LogP contribution in [-0.2, 0) is 6.42 Å². The van der Waals surface area contributed by atoms with Gasteiger partial charge in [0.05, 0.1) is 0 Å². The van der Waals surface area contributed by atoms with Crippen LogP contribution in [0, 0.1) is 0 Å². The normalized spacial score (nSPS) is 13.1. The van der Waals surface area contributed by atoms with E-state index in [0.717, 1.165) is 6.42 Å². The Morgan fingerprint density at radius 1 is 0.610 bits per heavy atom. The summed E-state index contributed by atoms with van der Waals surface area (Å²) in [6.45, 7) is 11.5. The third kappa shape index (κ3) is 6.38. The molecule has 0 amide bonds. The summed E-state index contributed by atoms with van der Waals surface area (Å²) in [4.78, 5) is 6.10. The van der Waals surface area contributed by atoms with Crippen LogP contribution >= 0.6 is 0 Å². The van der Waals surface area contributed by atoms with Gasteiger partial charge in [-0.15, -0.1) is 0 Å². The predicted octanol–water partition coefficient (Wildman–Crippen LogP) is 12.3. The maximum atomic E-state index is 3.68. The van der Waals surface area contributed by atoms with Crippen LogP contribution < -0.4 is 4.90 Å². The van der Waals surface area contributed by atoms with Gasteiger partial charge in [0.1, 0.15) is 0 Å². The molecule has 2 nitrogen and oxygen atoms in total. The van der Waals surface area contributed by atoms with Crippen LogP contribution in [0.3, 0.4) is 0 Å². The fraction of sp³-hybridized carbons (Fsp3) is 0.385. The van der Waals surface area contributed by atoms with Crippen molar-refractivity contribution in [2.75, 3.05) is 4.90 Å². The smallest absolute Gasteiger partial charge is 0.0469 e. The molecule has 4 aromatic carbocycles. The van der Waals surface area contributed by atoms with Gasteiger partial charge in [-0.1, -0.05) is 84.2 Å². The Morgan fingerprint density at radius 3 is 1.83 bits per heavy atom. The molecule has 1 heterocycles. The van der Waals surface area contributed by atoms with Crippen LogP contribution in [0.25, 0.3) is 21.8 Å². The summed E-state index contributed by atoms with van der Waals surface area (Å²) < 4.78 is 0. The van der Waals surface area contributed by atoms with Crippen molar-refractivity contribution in [3.05, 3.63) is 102 Å². The summed E-state index contributed by atoms with van der Waals surface area (Å²) in [6, 6.07) is 32.5. The first-order valence-corrected chi connectivity index (χ1v) is 16.1. The van der Waals surface area contributed by atoms with Crippen molar-refractivity contribution in [3.63, 3.8) is 0 Å². The van der Waals surface area contributed by atoms with E-state index >= 15 is 0 Å². The van der Waals surface area contributed by atoms with Crippen molar-refractivity contribution in [2.24, 2.45) is 0 Å². The zero-order valence-corrected chi connectivity index (χ0v) is 25.8. The SMILES string of the molecule is CCCCc1ccc(N(c2ccc(C(C)CCC)cc2)c2ccc3[nH]c4ccc(C(CC)CCC)cc4c3c2)cc1. The Labute approximate surface area is 247 Å². The van der Waals surface area contributed by atoms with Crippen molar-refractivity contribution < 1.29 is 0 Å². The fourth-order valence-electron chi connectivity index (χ4n) is 6.44. The lowest BCUT2D eigenvalue weighted by atomic mass is 9.91. The van der Waals surface area contributed by atoms with Crippen LogP contribution in [0.4, 0.5) is 17.1 Å². The maximum Gasteiger partial charge on any atom is 0.0469 e. The van der Waals surface area contributed by atoms with E-state index in [4.69, 9.17) is 0 Å². The number of rotatable bonds is 13. The number of aryl methyl sites for hydroxylation is 1. The molecule has 0 aliphatic carbocycles. The standard InChI is InChI=1S/C39H48N2/c1-6-10-13-29-14-19-33(20-15-29)41(34-21-16-31(17-22-34)28(5)11-7-2)35-23-25-39-37(27-35)36-26-32(18-24-38(36)40-39)30(9-4)12-8-3/h14-28,30,40H,6-13H2,1-5H3. The van der Waals surface area contributed by atoms with Crippen molar-refractivity contribution >= 4 is 38.9 Å². The Bertz CT molecular complexity index is 1540. The molecule has 0 aliphatic heterocycles. The number of aromatic amines is 1. The van der Waals surface area contributed by atoms with Crippen LogP contribution in [0.15, 0.2) is 84.9 Å². The van der Waals surface area contributed by atoms with E-state index in [9.17, 15) is 0 Å². The lowest BCUT2D eigenvalue weighted by molar-refractivity contribution is 0.596. The number of hydrogen-bond donors (Lipinski definition) is 1. The predicted molar refractivity (Wildman–Crippen MR) is 180 cm³/mol. The second kappa shape index (κ2) is 13.4. The highest BCUT2D eigenvalue weighted by molar-refractivity contribution is 6.09. The van der Waals surface area contributed by atoms with E-state index in [-0.39, 0.29) is 0 Å². The number of anilines is 3. The molecule has 41 heavy (non-hydrogen) atoms. The van der Waals surface area contributed by atoms with Gasteiger partial charge < -0.3 is 9.88 Å². The van der Waals surface area contributed by atoms with E-state index in [2.05, 4.69) is 129 Å². The Morgan fingerprint density at radius 2 is 1.20 bits per heavy atom. The topological polar surface area (TPSA) is 19.0 Å². The Hall–Kier alpha value is -3.52. The van der Waals surface area contributed by atoms with E-state index in [0.29, 0.717) is 11.8 Å². The van der Waals surface area contributed by atoms with Crippen LogP contribution in [0.2, 0.25) is 0 Å². The number of benzene rings is 4. The molecule has 0 bridgehead atoms. The van der Waals surface area contributed by atoms with Gasteiger partial charge in [0.2, 0.25) is 0 Å². The highest BCUT2D eigenvalue weighted by Gasteiger charge is 2.17. The van der Waals surface area contributed by atoms with Crippen molar-refractivity contribution in [1.29, 1.82) is 0 Å². The summed E-state index contributed by atoms with van der Waals surface area (Å²) in [6.07, 6.45) is 9.67. The molecular weight excluding hydrogens is 496 g/mol. The quantitative estimate of drug-likeness (QED) is 0.156. The van der Waals surface area contributed by atoms with E-state index < -0.39 is 0 Å². The zero-order chi connectivity index (χ0) is 28.8. The summed E-state index contributed by atoms with van der Waals surface area (Å²) in [7, 11) is 0. The number of fused-ring (bicyclic) bond motifs is 3.